The van der Waals surface area contributed by atoms with Crippen molar-refractivity contribution in [3.05, 3.63) is 67.6 Å². The summed E-state index contributed by atoms with van der Waals surface area (Å²) >= 11 is 13.4. The molecule has 4 aromatic rings. The smallest absolute Gasteiger partial charge is 0.302 e. The van der Waals surface area contributed by atoms with Crippen molar-refractivity contribution in [3.8, 4) is 16.5 Å². The quantitative estimate of drug-likeness (QED) is 0.407. The van der Waals surface area contributed by atoms with Crippen molar-refractivity contribution in [1.82, 2.24) is 23.8 Å². The maximum absolute atomic E-state index is 13.0. The molecular weight excluding hydrogens is 525 g/mol. The van der Waals surface area contributed by atoms with Crippen LogP contribution in [-0.2, 0) is 22.5 Å². The van der Waals surface area contributed by atoms with E-state index in [9.17, 15) is 14.7 Å². The van der Waals surface area contributed by atoms with E-state index in [-0.39, 0.29) is 36.1 Å². The highest BCUT2D eigenvalue weighted by Gasteiger charge is 2.27. The number of morpholine rings is 1. The van der Waals surface area contributed by atoms with Gasteiger partial charge in [-0.25, -0.2) is 14.4 Å². The number of benzene rings is 1. The number of hydrogen-bond donors (Lipinski definition) is 1. The van der Waals surface area contributed by atoms with Gasteiger partial charge in [0.1, 0.15) is 11.6 Å². The molecule has 4 heterocycles. The van der Waals surface area contributed by atoms with E-state index in [1.54, 1.807) is 34.0 Å². The lowest BCUT2D eigenvalue weighted by atomic mass is 10.1. The number of nitrogens with zero attached hydrogens (tertiary/aromatic N) is 5. The molecule has 188 valence electrons. The minimum atomic E-state index is -0.629. The minimum absolute atomic E-state index is 0.00698. The predicted octanol–water partition coefficient (Wildman–Crippen LogP) is 3.86. The van der Waals surface area contributed by atoms with Gasteiger partial charge in [0.25, 0.3) is 0 Å². The highest BCUT2D eigenvalue weighted by atomic mass is 35.5. The largest absolute Gasteiger partial charge is 0.501 e. The van der Waals surface area contributed by atoms with E-state index in [4.69, 9.17) is 27.9 Å². The number of hydrogen-bond acceptors (Lipinski definition) is 7. The van der Waals surface area contributed by atoms with E-state index < -0.39 is 11.3 Å². The highest BCUT2D eigenvalue weighted by Crippen LogP contribution is 2.31. The third-order valence-corrected chi connectivity index (χ3v) is 7.67. The minimum Gasteiger partial charge on any atom is -0.501 e. The zero-order chi connectivity index (χ0) is 25.6. The second-order valence-corrected chi connectivity index (χ2v) is 10.8. The number of rotatable bonds is 5. The first-order valence-electron chi connectivity index (χ1n) is 11.3. The van der Waals surface area contributed by atoms with Crippen LogP contribution in [0.4, 0.5) is 0 Å². The molecule has 0 spiro atoms. The fraction of sp³-hybridized carbons (Fsp3) is 0.333. The lowest BCUT2D eigenvalue weighted by Crippen LogP contribution is -2.49. The van der Waals surface area contributed by atoms with Gasteiger partial charge in [0, 0.05) is 43.0 Å². The molecule has 3 aromatic heterocycles. The Kier molecular flexibility index (Phi) is 6.78. The van der Waals surface area contributed by atoms with Crippen LogP contribution in [0.5, 0.6) is 5.75 Å². The van der Waals surface area contributed by atoms with Crippen LogP contribution in [-0.4, -0.2) is 60.1 Å². The van der Waals surface area contributed by atoms with Crippen LogP contribution in [0.2, 0.25) is 10.0 Å². The van der Waals surface area contributed by atoms with Gasteiger partial charge in [-0.1, -0.05) is 29.3 Å². The van der Waals surface area contributed by atoms with Crippen LogP contribution >= 0.6 is 34.5 Å². The molecule has 2 atom stereocenters. The Hall–Kier alpha value is -2.92. The lowest BCUT2D eigenvalue weighted by Gasteiger charge is -2.35. The van der Waals surface area contributed by atoms with Crippen molar-refractivity contribution in [1.29, 1.82) is 0 Å². The molecule has 0 radical (unpaired) electrons. The molecule has 1 saturated heterocycles. The summed E-state index contributed by atoms with van der Waals surface area (Å²) in [5, 5.41) is 12.0. The van der Waals surface area contributed by atoms with Gasteiger partial charge in [0.05, 0.1) is 22.3 Å². The van der Waals surface area contributed by atoms with Gasteiger partial charge >= 0.3 is 5.56 Å². The topological polar surface area (TPSA) is 102 Å². The summed E-state index contributed by atoms with van der Waals surface area (Å²) in [5.41, 5.74) is 0.397. The fourth-order valence-electron chi connectivity index (χ4n) is 4.31. The summed E-state index contributed by atoms with van der Waals surface area (Å²) in [7, 11) is 0. The van der Waals surface area contributed by atoms with Crippen molar-refractivity contribution < 1.29 is 14.6 Å². The number of amides is 1. The molecule has 1 aromatic carbocycles. The first-order valence-corrected chi connectivity index (χ1v) is 12.9. The third kappa shape index (κ3) is 4.86. The van der Waals surface area contributed by atoms with Crippen molar-refractivity contribution >= 4 is 46.2 Å². The predicted molar refractivity (Wildman–Crippen MR) is 138 cm³/mol. The van der Waals surface area contributed by atoms with Gasteiger partial charge in [-0.3, -0.25) is 9.59 Å². The molecule has 0 saturated carbocycles. The lowest BCUT2D eigenvalue weighted by molar-refractivity contribution is -0.143. The molecule has 0 unspecified atom stereocenters. The zero-order valence-electron chi connectivity index (χ0n) is 19.5. The molecule has 1 aliphatic rings. The number of imidazole rings is 1. The van der Waals surface area contributed by atoms with Gasteiger partial charge in [0.15, 0.2) is 5.69 Å². The summed E-state index contributed by atoms with van der Waals surface area (Å²) in [5.74, 6) is -0.350. The van der Waals surface area contributed by atoms with Gasteiger partial charge < -0.3 is 19.3 Å². The molecule has 0 aliphatic carbocycles. The van der Waals surface area contributed by atoms with E-state index in [1.165, 1.54) is 21.9 Å². The molecule has 9 nitrogen and oxygen atoms in total. The van der Waals surface area contributed by atoms with E-state index in [0.29, 0.717) is 34.6 Å². The normalized spacial score (nSPS) is 18.2. The summed E-state index contributed by atoms with van der Waals surface area (Å²) in [6, 6.07) is 5.40. The van der Waals surface area contributed by atoms with Gasteiger partial charge in [0.2, 0.25) is 17.4 Å². The van der Waals surface area contributed by atoms with Crippen LogP contribution in [0.3, 0.4) is 0 Å². The van der Waals surface area contributed by atoms with Gasteiger partial charge in [-0.05, 0) is 31.5 Å². The molecule has 1 fully saturated rings. The summed E-state index contributed by atoms with van der Waals surface area (Å²) < 4.78 is 8.53. The molecule has 36 heavy (non-hydrogen) atoms. The molecule has 1 aliphatic heterocycles. The molecule has 1 N–H and O–H groups in total. The van der Waals surface area contributed by atoms with Crippen molar-refractivity contribution in [2.45, 2.75) is 39.0 Å². The van der Waals surface area contributed by atoms with Crippen molar-refractivity contribution in [2.24, 2.45) is 0 Å². The Morgan fingerprint density at radius 3 is 2.67 bits per heavy atom. The summed E-state index contributed by atoms with van der Waals surface area (Å²) in [4.78, 5) is 37.4. The molecule has 12 heteroatoms. The number of fused-ring (bicyclic) bond motifs is 1. The number of carbonyl (C=O) groups is 1. The second-order valence-electron chi connectivity index (χ2n) is 8.82. The number of carbonyl (C=O) groups excluding carboxylic acids is 1. The zero-order valence-corrected chi connectivity index (χ0v) is 21.8. The van der Waals surface area contributed by atoms with E-state index in [1.807, 2.05) is 19.9 Å². The summed E-state index contributed by atoms with van der Waals surface area (Å²) in [6.45, 7) is 4.88. The Bertz CT molecular complexity index is 1500. The molecule has 0 bridgehead atoms. The maximum Gasteiger partial charge on any atom is 0.302 e. The average Bonchev–Trinajstić information content (AvgIpc) is 3.45. The first-order chi connectivity index (χ1) is 17.2. The van der Waals surface area contributed by atoms with Crippen LogP contribution in [0.15, 0.2) is 41.6 Å². The van der Waals surface area contributed by atoms with Gasteiger partial charge in [-0.2, -0.15) is 0 Å². The Morgan fingerprint density at radius 1 is 1.19 bits per heavy atom. The first kappa shape index (κ1) is 24.8. The summed E-state index contributed by atoms with van der Waals surface area (Å²) in [6.07, 6.45) is 5.23. The van der Waals surface area contributed by atoms with Crippen LogP contribution < -0.4 is 5.56 Å². The Balaban J connectivity index is 1.43. The number of ether oxygens (including phenoxy) is 1. The van der Waals surface area contributed by atoms with E-state index >= 15 is 0 Å². The number of aromatic hydroxyl groups is 1. The Labute approximate surface area is 220 Å². The number of thiazole rings is 1. The number of halogens is 2. The fourth-order valence-corrected chi connectivity index (χ4v) is 5.57. The molecular formula is C24H23Cl2N5O4S. The third-order valence-electron chi connectivity index (χ3n) is 5.92. The van der Waals surface area contributed by atoms with Crippen molar-refractivity contribution in [2.75, 3.05) is 13.1 Å². The Morgan fingerprint density at radius 2 is 1.94 bits per heavy atom. The second kappa shape index (κ2) is 9.85. The standard InChI is InChI=1S/C24H23Cl2N5O4S/c1-13-10-30(11-14(2)35-13)19(32)12-29-5-6-31-23(34)21(33)20(28-24(29)31)22-27-9-16(36-22)7-15-3-4-17(25)18(26)8-15/h3-6,8-9,13-14,33H,7,10-12H2,1-2H3/t13-,14-/m0/s1. The van der Waals surface area contributed by atoms with Crippen LogP contribution in [0.1, 0.15) is 24.3 Å². The molecule has 1 amide bonds. The highest BCUT2D eigenvalue weighted by molar-refractivity contribution is 7.15. The SMILES string of the molecule is C[C@H]1CN(C(=O)Cn2ccn3c(=O)c(O)c(-c4ncc(Cc5ccc(Cl)c(Cl)c5)s4)nc23)C[C@H](C)O1. The number of aromatic nitrogens is 4. The van der Waals surface area contributed by atoms with E-state index in [0.717, 1.165) is 10.4 Å². The van der Waals surface area contributed by atoms with Crippen LogP contribution in [0.25, 0.3) is 16.5 Å². The maximum atomic E-state index is 13.0. The van der Waals surface area contributed by atoms with E-state index in [2.05, 4.69) is 9.97 Å². The molecule has 5 rings (SSSR count). The average molecular weight is 548 g/mol. The van der Waals surface area contributed by atoms with Crippen molar-refractivity contribution in [3.63, 3.8) is 0 Å². The monoisotopic (exact) mass is 547 g/mol. The van der Waals surface area contributed by atoms with Crippen LogP contribution in [0, 0.1) is 0 Å². The van der Waals surface area contributed by atoms with Gasteiger partial charge in [-0.15, -0.1) is 11.3 Å².